The van der Waals surface area contributed by atoms with E-state index in [9.17, 15) is 0 Å². The quantitative estimate of drug-likeness (QED) is 0.803. The van der Waals surface area contributed by atoms with Crippen molar-refractivity contribution < 1.29 is 4.74 Å². The van der Waals surface area contributed by atoms with E-state index in [4.69, 9.17) is 4.74 Å². The summed E-state index contributed by atoms with van der Waals surface area (Å²) in [4.78, 5) is 0. The number of para-hydroxylation sites is 1. The summed E-state index contributed by atoms with van der Waals surface area (Å²) < 4.78 is 7.77. The molecule has 20 heavy (non-hydrogen) atoms. The Balaban J connectivity index is 1.82. The van der Waals surface area contributed by atoms with Gasteiger partial charge in [-0.3, -0.25) is 4.68 Å². The molecule has 1 atom stereocenters. The van der Waals surface area contributed by atoms with Crippen LogP contribution >= 0.6 is 0 Å². The summed E-state index contributed by atoms with van der Waals surface area (Å²) in [5.74, 6) is 0.927. The molecule has 108 valence electrons. The van der Waals surface area contributed by atoms with Gasteiger partial charge in [-0.25, -0.2) is 0 Å². The maximum atomic E-state index is 5.84. The zero-order valence-corrected chi connectivity index (χ0v) is 12.2. The Morgan fingerprint density at radius 1 is 1.25 bits per heavy atom. The molecule has 0 bridgehead atoms. The van der Waals surface area contributed by atoms with Gasteiger partial charge in [0.1, 0.15) is 12.4 Å². The third-order valence-electron chi connectivity index (χ3n) is 3.36. The number of aryl methyl sites for hydroxylation is 2. The molecule has 0 aliphatic heterocycles. The van der Waals surface area contributed by atoms with Gasteiger partial charge in [-0.15, -0.1) is 0 Å². The molecule has 0 saturated heterocycles. The summed E-state index contributed by atoms with van der Waals surface area (Å²) in [6.07, 6.45) is 3.89. The van der Waals surface area contributed by atoms with Gasteiger partial charge in [0.25, 0.3) is 0 Å². The largest absolute Gasteiger partial charge is 0.492 e. The van der Waals surface area contributed by atoms with E-state index in [1.165, 1.54) is 5.69 Å². The number of benzene rings is 1. The van der Waals surface area contributed by atoms with Crippen LogP contribution in [-0.2, 0) is 13.5 Å². The van der Waals surface area contributed by atoms with Crippen molar-refractivity contribution in [3.8, 4) is 5.75 Å². The first kappa shape index (κ1) is 14.6. The minimum absolute atomic E-state index is 0.357. The van der Waals surface area contributed by atoms with Crippen LogP contribution in [0.1, 0.15) is 19.0 Å². The predicted octanol–water partition coefficient (Wildman–Crippen LogP) is 2.41. The number of hydrogen-bond acceptors (Lipinski definition) is 3. The fraction of sp³-hybridized carbons (Fsp3) is 0.438. The van der Waals surface area contributed by atoms with Crippen molar-refractivity contribution in [1.29, 1.82) is 0 Å². The lowest BCUT2D eigenvalue weighted by atomic mass is 10.1. The van der Waals surface area contributed by atoms with Crippen LogP contribution in [-0.4, -0.2) is 29.0 Å². The molecule has 1 heterocycles. The zero-order valence-electron chi connectivity index (χ0n) is 12.2. The van der Waals surface area contributed by atoms with Crippen LogP contribution in [0, 0.1) is 0 Å². The SMILES string of the molecule is CCNC(CCc1ccnn1C)COc1ccccc1. The highest BCUT2D eigenvalue weighted by molar-refractivity contribution is 5.20. The Morgan fingerprint density at radius 2 is 2.05 bits per heavy atom. The van der Waals surface area contributed by atoms with Gasteiger partial charge < -0.3 is 10.1 Å². The molecule has 0 spiro atoms. The van der Waals surface area contributed by atoms with Crippen LogP contribution in [0.2, 0.25) is 0 Å². The molecule has 0 amide bonds. The van der Waals surface area contributed by atoms with Crippen molar-refractivity contribution in [2.24, 2.45) is 7.05 Å². The van der Waals surface area contributed by atoms with E-state index in [0.29, 0.717) is 12.6 Å². The molecule has 0 aliphatic rings. The fourth-order valence-corrected chi connectivity index (χ4v) is 2.22. The molecule has 1 aromatic heterocycles. The molecule has 1 N–H and O–H groups in total. The molecular weight excluding hydrogens is 250 g/mol. The number of aromatic nitrogens is 2. The molecule has 4 heteroatoms. The summed E-state index contributed by atoms with van der Waals surface area (Å²) in [6.45, 7) is 3.77. The third-order valence-corrected chi connectivity index (χ3v) is 3.36. The molecule has 1 aromatic carbocycles. The second kappa shape index (κ2) is 7.70. The van der Waals surface area contributed by atoms with Crippen LogP contribution in [0.25, 0.3) is 0 Å². The van der Waals surface area contributed by atoms with Gasteiger partial charge in [-0.2, -0.15) is 5.10 Å². The lowest BCUT2D eigenvalue weighted by Gasteiger charge is -2.18. The number of rotatable bonds is 8. The van der Waals surface area contributed by atoms with E-state index in [0.717, 1.165) is 25.1 Å². The minimum Gasteiger partial charge on any atom is -0.492 e. The summed E-state index contributed by atoms with van der Waals surface area (Å²) >= 11 is 0. The van der Waals surface area contributed by atoms with Gasteiger partial charge >= 0.3 is 0 Å². The van der Waals surface area contributed by atoms with Crippen LogP contribution in [0.4, 0.5) is 0 Å². The molecule has 4 nitrogen and oxygen atoms in total. The van der Waals surface area contributed by atoms with Crippen LogP contribution in [0.15, 0.2) is 42.6 Å². The van der Waals surface area contributed by atoms with Crippen LogP contribution in [0.5, 0.6) is 5.75 Å². The number of nitrogens with one attached hydrogen (secondary N) is 1. The second-order valence-electron chi connectivity index (χ2n) is 4.86. The van der Waals surface area contributed by atoms with Gasteiger partial charge in [0.05, 0.1) is 0 Å². The Kier molecular flexibility index (Phi) is 5.62. The topological polar surface area (TPSA) is 39.1 Å². The average molecular weight is 273 g/mol. The Hall–Kier alpha value is -1.81. The van der Waals surface area contributed by atoms with Crippen molar-refractivity contribution in [2.75, 3.05) is 13.2 Å². The smallest absolute Gasteiger partial charge is 0.119 e. The first-order chi connectivity index (χ1) is 9.79. The van der Waals surface area contributed by atoms with E-state index in [1.807, 2.05) is 48.3 Å². The van der Waals surface area contributed by atoms with Crippen molar-refractivity contribution in [1.82, 2.24) is 15.1 Å². The Morgan fingerprint density at radius 3 is 2.70 bits per heavy atom. The predicted molar refractivity (Wildman–Crippen MR) is 80.9 cm³/mol. The van der Waals surface area contributed by atoms with Gasteiger partial charge in [0.2, 0.25) is 0 Å². The highest BCUT2D eigenvalue weighted by Crippen LogP contribution is 2.10. The highest BCUT2D eigenvalue weighted by Gasteiger charge is 2.10. The maximum Gasteiger partial charge on any atom is 0.119 e. The molecule has 0 saturated carbocycles. The molecule has 0 aliphatic carbocycles. The third kappa shape index (κ3) is 4.38. The van der Waals surface area contributed by atoms with Gasteiger partial charge in [0.15, 0.2) is 0 Å². The van der Waals surface area contributed by atoms with Crippen LogP contribution in [0.3, 0.4) is 0 Å². The molecule has 0 fully saturated rings. The lowest BCUT2D eigenvalue weighted by Crippen LogP contribution is -2.35. The lowest BCUT2D eigenvalue weighted by molar-refractivity contribution is 0.258. The summed E-state index contributed by atoms with van der Waals surface area (Å²) in [5, 5.41) is 7.68. The van der Waals surface area contributed by atoms with Gasteiger partial charge in [-0.05, 0) is 37.6 Å². The Bertz CT molecular complexity index is 495. The van der Waals surface area contributed by atoms with Crippen molar-refractivity contribution in [3.63, 3.8) is 0 Å². The minimum atomic E-state index is 0.357. The van der Waals surface area contributed by atoms with Crippen molar-refractivity contribution in [2.45, 2.75) is 25.8 Å². The summed E-state index contributed by atoms with van der Waals surface area (Å²) in [7, 11) is 1.98. The zero-order chi connectivity index (χ0) is 14.2. The van der Waals surface area contributed by atoms with Crippen molar-refractivity contribution >= 4 is 0 Å². The number of hydrogen-bond donors (Lipinski definition) is 1. The van der Waals surface area contributed by atoms with E-state index in [2.05, 4.69) is 23.4 Å². The number of nitrogens with zero attached hydrogens (tertiary/aromatic N) is 2. The van der Waals surface area contributed by atoms with E-state index in [1.54, 1.807) is 0 Å². The van der Waals surface area contributed by atoms with Gasteiger partial charge in [-0.1, -0.05) is 25.1 Å². The molecule has 2 rings (SSSR count). The monoisotopic (exact) mass is 273 g/mol. The van der Waals surface area contributed by atoms with E-state index in [-0.39, 0.29) is 0 Å². The first-order valence-electron chi connectivity index (χ1n) is 7.17. The van der Waals surface area contributed by atoms with Gasteiger partial charge in [0, 0.05) is 25.0 Å². The normalized spacial score (nSPS) is 12.3. The molecular formula is C16H23N3O. The average Bonchev–Trinajstić information content (AvgIpc) is 2.88. The first-order valence-corrected chi connectivity index (χ1v) is 7.17. The molecule has 2 aromatic rings. The molecule has 0 radical (unpaired) electrons. The maximum absolute atomic E-state index is 5.84. The number of ether oxygens (including phenoxy) is 1. The van der Waals surface area contributed by atoms with E-state index < -0.39 is 0 Å². The molecule has 1 unspecified atom stereocenters. The summed E-state index contributed by atoms with van der Waals surface area (Å²) in [6, 6.07) is 12.4. The Labute approximate surface area is 120 Å². The standard InChI is InChI=1S/C16H23N3O/c1-3-17-14(9-10-15-11-12-18-19(15)2)13-20-16-7-5-4-6-8-16/h4-8,11-12,14,17H,3,9-10,13H2,1-2H3. The highest BCUT2D eigenvalue weighted by atomic mass is 16.5. The fourth-order valence-electron chi connectivity index (χ4n) is 2.22. The van der Waals surface area contributed by atoms with Crippen molar-refractivity contribution in [3.05, 3.63) is 48.3 Å². The number of likely N-dealkylation sites (N-methyl/N-ethyl adjacent to an activating group) is 1. The summed E-state index contributed by atoms with van der Waals surface area (Å²) in [5.41, 5.74) is 1.26. The van der Waals surface area contributed by atoms with E-state index >= 15 is 0 Å². The second-order valence-corrected chi connectivity index (χ2v) is 4.86. The van der Waals surface area contributed by atoms with Crippen LogP contribution < -0.4 is 10.1 Å².